The van der Waals surface area contributed by atoms with Gasteiger partial charge in [-0.3, -0.25) is 10.1 Å². The van der Waals surface area contributed by atoms with Crippen molar-refractivity contribution >= 4 is 5.91 Å². The zero-order valence-electron chi connectivity index (χ0n) is 11.5. The lowest BCUT2D eigenvalue weighted by atomic mass is 9.93. The van der Waals surface area contributed by atoms with Crippen LogP contribution in [0, 0.1) is 0 Å². The van der Waals surface area contributed by atoms with Crippen LogP contribution in [-0.2, 0) is 15.1 Å². The first-order chi connectivity index (χ1) is 9.12. The van der Waals surface area contributed by atoms with Crippen molar-refractivity contribution in [3.8, 4) is 0 Å². The highest BCUT2D eigenvalue weighted by atomic mass is 16.5. The largest absolute Gasteiger partial charge is 0.394 e. The molecule has 1 amide bonds. The summed E-state index contributed by atoms with van der Waals surface area (Å²) >= 11 is 0. The Balaban J connectivity index is 2.50. The topological polar surface area (TPSA) is 70.6 Å². The molecule has 0 bridgehead atoms. The smallest absolute Gasteiger partial charge is 0.234 e. The summed E-state index contributed by atoms with van der Waals surface area (Å²) in [5.74, 6) is -0.118. The van der Waals surface area contributed by atoms with E-state index in [2.05, 4.69) is 10.6 Å². The van der Waals surface area contributed by atoms with E-state index in [1.165, 1.54) is 0 Å². The van der Waals surface area contributed by atoms with Crippen molar-refractivity contribution in [1.29, 1.82) is 0 Å². The molecule has 106 valence electrons. The van der Waals surface area contributed by atoms with Crippen LogP contribution in [0.1, 0.15) is 12.5 Å². The lowest BCUT2D eigenvalue weighted by Crippen LogP contribution is -2.47. The summed E-state index contributed by atoms with van der Waals surface area (Å²) in [6.07, 6.45) is 0. The number of benzene rings is 1. The molecular formula is C14H22N2O3. The van der Waals surface area contributed by atoms with Crippen LogP contribution in [0.4, 0.5) is 0 Å². The maximum Gasteiger partial charge on any atom is 0.234 e. The Kier molecular flexibility index (Phi) is 6.49. The normalized spacial score (nSPS) is 13.8. The number of carbonyl (C=O) groups excluding carboxylic acids is 1. The average molecular weight is 266 g/mol. The zero-order valence-corrected chi connectivity index (χ0v) is 11.5. The van der Waals surface area contributed by atoms with Gasteiger partial charge in [0.25, 0.3) is 0 Å². The lowest BCUT2D eigenvalue weighted by molar-refractivity contribution is -0.120. The fraction of sp³-hybridized carbons (Fsp3) is 0.500. The highest BCUT2D eigenvalue weighted by Crippen LogP contribution is 2.19. The number of aliphatic hydroxyl groups excluding tert-OH is 1. The second-order valence-corrected chi connectivity index (χ2v) is 4.55. The average Bonchev–Trinajstić information content (AvgIpc) is 2.46. The Bertz CT molecular complexity index is 384. The monoisotopic (exact) mass is 266 g/mol. The van der Waals surface area contributed by atoms with Crippen LogP contribution in [0.25, 0.3) is 0 Å². The maximum absolute atomic E-state index is 11.6. The molecule has 1 aromatic rings. The van der Waals surface area contributed by atoms with Crippen molar-refractivity contribution in [1.82, 2.24) is 10.6 Å². The summed E-state index contributed by atoms with van der Waals surface area (Å²) in [5, 5.41) is 15.4. The summed E-state index contributed by atoms with van der Waals surface area (Å²) in [7, 11) is 1.59. The molecule has 0 saturated carbocycles. The molecule has 0 aliphatic carbocycles. The fourth-order valence-electron chi connectivity index (χ4n) is 1.69. The number of methoxy groups -OCH3 is 1. The first kappa shape index (κ1) is 15.6. The van der Waals surface area contributed by atoms with Crippen molar-refractivity contribution in [2.75, 3.05) is 33.4 Å². The summed E-state index contributed by atoms with van der Waals surface area (Å²) in [4.78, 5) is 11.6. The van der Waals surface area contributed by atoms with Crippen LogP contribution in [0.5, 0.6) is 0 Å². The Morgan fingerprint density at radius 3 is 2.63 bits per heavy atom. The van der Waals surface area contributed by atoms with E-state index in [0.29, 0.717) is 13.2 Å². The molecule has 0 aliphatic rings. The summed E-state index contributed by atoms with van der Waals surface area (Å²) in [6, 6.07) is 9.57. The predicted molar refractivity (Wildman–Crippen MR) is 73.8 cm³/mol. The first-order valence-corrected chi connectivity index (χ1v) is 6.29. The van der Waals surface area contributed by atoms with Crippen LogP contribution in [-0.4, -0.2) is 44.4 Å². The van der Waals surface area contributed by atoms with E-state index >= 15 is 0 Å². The number of amides is 1. The molecule has 0 saturated heterocycles. The molecule has 1 unspecified atom stereocenters. The Morgan fingerprint density at radius 1 is 1.37 bits per heavy atom. The van der Waals surface area contributed by atoms with Crippen molar-refractivity contribution in [2.45, 2.75) is 12.5 Å². The van der Waals surface area contributed by atoms with E-state index in [4.69, 9.17) is 4.74 Å². The summed E-state index contributed by atoms with van der Waals surface area (Å²) < 4.78 is 4.85. The molecule has 1 atom stereocenters. The Labute approximate surface area is 114 Å². The molecule has 3 N–H and O–H groups in total. The zero-order chi connectivity index (χ0) is 14.1. The third-order valence-corrected chi connectivity index (χ3v) is 2.99. The molecule has 0 fully saturated rings. The van der Waals surface area contributed by atoms with Crippen molar-refractivity contribution in [3.63, 3.8) is 0 Å². The van der Waals surface area contributed by atoms with Crippen molar-refractivity contribution < 1.29 is 14.6 Å². The van der Waals surface area contributed by atoms with E-state index < -0.39 is 5.54 Å². The van der Waals surface area contributed by atoms with Crippen molar-refractivity contribution in [2.24, 2.45) is 0 Å². The van der Waals surface area contributed by atoms with Crippen LogP contribution in [0.15, 0.2) is 30.3 Å². The highest BCUT2D eigenvalue weighted by Gasteiger charge is 2.25. The van der Waals surface area contributed by atoms with Crippen LogP contribution in [0.2, 0.25) is 0 Å². The number of rotatable bonds is 8. The van der Waals surface area contributed by atoms with Gasteiger partial charge in [0.15, 0.2) is 0 Å². The second-order valence-electron chi connectivity index (χ2n) is 4.55. The SMILES string of the molecule is COCCNC(=O)CNC(C)(CO)c1ccccc1. The number of hydrogen-bond donors (Lipinski definition) is 3. The van der Waals surface area contributed by atoms with Gasteiger partial charge in [-0.05, 0) is 12.5 Å². The molecule has 1 rings (SSSR count). The number of aliphatic hydroxyl groups is 1. The van der Waals surface area contributed by atoms with Gasteiger partial charge in [0.05, 0.1) is 25.3 Å². The quantitative estimate of drug-likeness (QED) is 0.590. The standard InChI is InChI=1S/C14H22N2O3/c1-14(11-17,12-6-4-3-5-7-12)16-10-13(18)15-8-9-19-2/h3-7,16-17H,8-11H2,1-2H3,(H,15,18). The van der Waals surface area contributed by atoms with E-state index in [1.54, 1.807) is 7.11 Å². The molecule has 0 spiro atoms. The minimum absolute atomic E-state index is 0.0810. The van der Waals surface area contributed by atoms with Crippen LogP contribution in [0.3, 0.4) is 0 Å². The van der Waals surface area contributed by atoms with Gasteiger partial charge in [0.1, 0.15) is 0 Å². The molecule has 0 heterocycles. The Morgan fingerprint density at radius 2 is 2.05 bits per heavy atom. The maximum atomic E-state index is 11.6. The minimum Gasteiger partial charge on any atom is -0.394 e. The van der Waals surface area contributed by atoms with Gasteiger partial charge in [-0.15, -0.1) is 0 Å². The molecule has 1 aromatic carbocycles. The number of hydrogen-bond acceptors (Lipinski definition) is 4. The van der Waals surface area contributed by atoms with E-state index in [9.17, 15) is 9.90 Å². The van der Waals surface area contributed by atoms with Crippen LogP contribution < -0.4 is 10.6 Å². The van der Waals surface area contributed by atoms with Gasteiger partial charge >= 0.3 is 0 Å². The van der Waals surface area contributed by atoms with Gasteiger partial charge in [0, 0.05) is 13.7 Å². The molecule has 5 nitrogen and oxygen atoms in total. The van der Waals surface area contributed by atoms with Crippen molar-refractivity contribution in [3.05, 3.63) is 35.9 Å². The number of nitrogens with one attached hydrogen (secondary N) is 2. The van der Waals surface area contributed by atoms with Gasteiger partial charge in [-0.25, -0.2) is 0 Å². The molecule has 0 radical (unpaired) electrons. The van der Waals surface area contributed by atoms with E-state index in [0.717, 1.165) is 5.56 Å². The second kappa shape index (κ2) is 7.89. The third kappa shape index (κ3) is 4.98. The molecule has 0 aliphatic heterocycles. The van der Waals surface area contributed by atoms with Gasteiger partial charge in [-0.1, -0.05) is 30.3 Å². The van der Waals surface area contributed by atoms with E-state index in [1.807, 2.05) is 37.3 Å². The molecule has 19 heavy (non-hydrogen) atoms. The number of carbonyl (C=O) groups is 1. The van der Waals surface area contributed by atoms with E-state index in [-0.39, 0.29) is 19.1 Å². The third-order valence-electron chi connectivity index (χ3n) is 2.99. The molecular weight excluding hydrogens is 244 g/mol. The highest BCUT2D eigenvalue weighted by molar-refractivity contribution is 5.78. The lowest BCUT2D eigenvalue weighted by Gasteiger charge is -2.29. The minimum atomic E-state index is -0.625. The van der Waals surface area contributed by atoms with Crippen LogP contribution >= 0.6 is 0 Å². The predicted octanol–water partition coefficient (Wildman–Crippen LogP) is 0.246. The summed E-state index contributed by atoms with van der Waals surface area (Å²) in [5.41, 5.74) is 0.321. The first-order valence-electron chi connectivity index (χ1n) is 6.29. The summed E-state index contributed by atoms with van der Waals surface area (Å²) in [6.45, 7) is 2.91. The van der Waals surface area contributed by atoms with Gasteiger partial charge in [0.2, 0.25) is 5.91 Å². The fourth-order valence-corrected chi connectivity index (χ4v) is 1.69. The molecule has 5 heteroatoms. The number of ether oxygens (including phenoxy) is 1. The van der Waals surface area contributed by atoms with Gasteiger partial charge in [-0.2, -0.15) is 0 Å². The van der Waals surface area contributed by atoms with Gasteiger partial charge < -0.3 is 15.2 Å². The molecule has 0 aromatic heterocycles. The Hall–Kier alpha value is -1.43.